The number of H-pyrrole nitrogens is 1. The summed E-state index contributed by atoms with van der Waals surface area (Å²) in [4.78, 5) is 26.4. The molecule has 0 aliphatic rings. The maximum absolute atomic E-state index is 12.0. The number of aryl methyl sites for hydroxylation is 1. The minimum absolute atomic E-state index is 0.0820. The quantitative estimate of drug-likeness (QED) is 0.788. The van der Waals surface area contributed by atoms with Crippen molar-refractivity contribution in [3.63, 3.8) is 0 Å². The fourth-order valence-electron chi connectivity index (χ4n) is 1.84. The van der Waals surface area contributed by atoms with Crippen molar-refractivity contribution in [1.29, 1.82) is 0 Å². The number of carbonyl (C=O) groups excluding carboxylic acids is 1. The van der Waals surface area contributed by atoms with Crippen LogP contribution in [0.15, 0.2) is 15.3 Å². The van der Waals surface area contributed by atoms with Crippen molar-refractivity contribution in [2.24, 2.45) is 0 Å². The Labute approximate surface area is 122 Å². The van der Waals surface area contributed by atoms with Crippen molar-refractivity contribution in [2.75, 3.05) is 0 Å². The number of carbonyl (C=O) groups is 1. The topological polar surface area (TPSA) is 62.0 Å². The summed E-state index contributed by atoms with van der Waals surface area (Å²) in [6.45, 7) is 5.89. The summed E-state index contributed by atoms with van der Waals surface area (Å²) in [6.07, 6.45) is 4.35. The molecule has 19 heavy (non-hydrogen) atoms. The number of hydrogen-bond acceptors (Lipinski definition) is 2. The number of unbranched alkanes of at least 4 members (excludes halogenated alkanes) is 2. The average Bonchev–Trinajstić information content (AvgIpc) is 2.34. The molecule has 1 atom stereocenters. The van der Waals surface area contributed by atoms with Gasteiger partial charge in [-0.3, -0.25) is 9.59 Å². The van der Waals surface area contributed by atoms with Crippen molar-refractivity contribution in [3.8, 4) is 0 Å². The van der Waals surface area contributed by atoms with Crippen LogP contribution in [0.4, 0.5) is 0 Å². The fourth-order valence-corrected chi connectivity index (χ4v) is 2.17. The van der Waals surface area contributed by atoms with E-state index in [4.69, 9.17) is 0 Å². The van der Waals surface area contributed by atoms with Crippen LogP contribution in [0.2, 0.25) is 0 Å². The Morgan fingerprint density at radius 2 is 2.16 bits per heavy atom. The van der Waals surface area contributed by atoms with Gasteiger partial charge in [0.15, 0.2) is 0 Å². The highest BCUT2D eigenvalue weighted by Gasteiger charge is 2.14. The van der Waals surface area contributed by atoms with E-state index in [1.807, 2.05) is 6.92 Å². The van der Waals surface area contributed by atoms with Crippen LogP contribution in [0, 0.1) is 6.92 Å². The molecule has 1 aromatic heterocycles. The smallest absolute Gasteiger partial charge is 0.261 e. The van der Waals surface area contributed by atoms with Gasteiger partial charge in [-0.05, 0) is 42.3 Å². The Balaban J connectivity index is 2.68. The predicted octanol–water partition coefficient (Wildman–Crippen LogP) is 3.14. The Morgan fingerprint density at radius 1 is 1.47 bits per heavy atom. The van der Waals surface area contributed by atoms with Crippen molar-refractivity contribution < 1.29 is 4.79 Å². The molecule has 0 bridgehead atoms. The summed E-state index contributed by atoms with van der Waals surface area (Å²) in [5.41, 5.74) is 0.524. The number of halogens is 1. The largest absolute Gasteiger partial charge is 0.349 e. The van der Waals surface area contributed by atoms with Crippen molar-refractivity contribution in [2.45, 2.75) is 52.5 Å². The zero-order chi connectivity index (χ0) is 14.4. The van der Waals surface area contributed by atoms with E-state index in [-0.39, 0.29) is 23.1 Å². The number of rotatable bonds is 6. The second-order valence-electron chi connectivity index (χ2n) is 4.86. The minimum atomic E-state index is -0.348. The number of aromatic nitrogens is 1. The van der Waals surface area contributed by atoms with Gasteiger partial charge in [-0.25, -0.2) is 0 Å². The molecule has 0 unspecified atom stereocenters. The molecule has 1 amide bonds. The second kappa shape index (κ2) is 7.48. The highest BCUT2D eigenvalue weighted by Crippen LogP contribution is 2.13. The summed E-state index contributed by atoms with van der Waals surface area (Å²) in [7, 11) is 0. The second-order valence-corrected chi connectivity index (χ2v) is 5.71. The van der Waals surface area contributed by atoms with Gasteiger partial charge in [-0.15, -0.1) is 0 Å². The lowest BCUT2D eigenvalue weighted by molar-refractivity contribution is 0.0936. The molecule has 0 aliphatic carbocycles. The Kier molecular flexibility index (Phi) is 6.28. The molecule has 1 rings (SSSR count). The molecule has 5 heteroatoms. The van der Waals surface area contributed by atoms with Gasteiger partial charge in [0.25, 0.3) is 11.5 Å². The number of nitrogens with one attached hydrogen (secondary N) is 2. The Bertz CT molecular complexity index is 497. The SMILES string of the molecule is CCCCC[C@H](C)NC(=O)c1cc(Br)c(C)[nH]c1=O. The van der Waals surface area contributed by atoms with Crippen molar-refractivity contribution in [1.82, 2.24) is 10.3 Å². The average molecular weight is 329 g/mol. The molecular weight excluding hydrogens is 308 g/mol. The van der Waals surface area contributed by atoms with E-state index in [2.05, 4.69) is 33.2 Å². The molecular formula is C14H21BrN2O2. The maximum Gasteiger partial charge on any atom is 0.261 e. The Morgan fingerprint density at radius 3 is 2.79 bits per heavy atom. The normalized spacial score (nSPS) is 12.2. The third-order valence-electron chi connectivity index (χ3n) is 3.04. The van der Waals surface area contributed by atoms with Gasteiger partial charge in [0.05, 0.1) is 0 Å². The number of amides is 1. The highest BCUT2D eigenvalue weighted by atomic mass is 79.9. The van der Waals surface area contributed by atoms with Crippen LogP contribution >= 0.6 is 15.9 Å². The molecule has 0 fully saturated rings. The third-order valence-corrected chi connectivity index (χ3v) is 3.86. The zero-order valence-corrected chi connectivity index (χ0v) is 13.3. The van der Waals surface area contributed by atoms with Gasteiger partial charge in [-0.2, -0.15) is 0 Å². The first-order chi connectivity index (χ1) is 8.95. The van der Waals surface area contributed by atoms with Gasteiger partial charge in [0.1, 0.15) is 5.56 Å². The first kappa shape index (κ1) is 16.0. The van der Waals surface area contributed by atoms with Crippen LogP contribution in [0.1, 0.15) is 55.6 Å². The summed E-state index contributed by atoms with van der Waals surface area (Å²) >= 11 is 3.32. The molecule has 0 aliphatic heterocycles. The third kappa shape index (κ3) is 4.82. The lowest BCUT2D eigenvalue weighted by Gasteiger charge is -2.13. The molecule has 0 radical (unpaired) electrons. The summed E-state index contributed by atoms with van der Waals surface area (Å²) in [5.74, 6) is -0.314. The van der Waals surface area contributed by atoms with E-state index < -0.39 is 0 Å². The first-order valence-corrected chi connectivity index (χ1v) is 7.45. The fraction of sp³-hybridized carbons (Fsp3) is 0.571. The van der Waals surface area contributed by atoms with Crippen LogP contribution in [-0.2, 0) is 0 Å². The monoisotopic (exact) mass is 328 g/mol. The lowest BCUT2D eigenvalue weighted by atomic mass is 10.1. The molecule has 0 saturated carbocycles. The van der Waals surface area contributed by atoms with Gasteiger partial charge < -0.3 is 10.3 Å². The van der Waals surface area contributed by atoms with Crippen molar-refractivity contribution >= 4 is 21.8 Å². The highest BCUT2D eigenvalue weighted by molar-refractivity contribution is 9.10. The molecule has 0 spiro atoms. The molecule has 0 aromatic carbocycles. The Hall–Kier alpha value is -1.10. The molecule has 106 valence electrons. The first-order valence-electron chi connectivity index (χ1n) is 6.66. The van der Waals surface area contributed by atoms with Crippen LogP contribution in [0.5, 0.6) is 0 Å². The predicted molar refractivity (Wildman–Crippen MR) is 80.6 cm³/mol. The molecule has 2 N–H and O–H groups in total. The van der Waals surface area contributed by atoms with E-state index >= 15 is 0 Å². The lowest BCUT2D eigenvalue weighted by Crippen LogP contribution is -2.36. The van der Waals surface area contributed by atoms with Crippen LogP contribution < -0.4 is 10.9 Å². The summed E-state index contributed by atoms with van der Waals surface area (Å²) in [6, 6.07) is 1.65. The number of hydrogen-bond donors (Lipinski definition) is 2. The minimum Gasteiger partial charge on any atom is -0.349 e. The van der Waals surface area contributed by atoms with E-state index in [0.717, 1.165) is 35.8 Å². The summed E-state index contributed by atoms with van der Waals surface area (Å²) in [5, 5.41) is 2.86. The van der Waals surface area contributed by atoms with Gasteiger partial charge in [0.2, 0.25) is 0 Å². The molecule has 1 heterocycles. The van der Waals surface area contributed by atoms with E-state index in [9.17, 15) is 9.59 Å². The van der Waals surface area contributed by atoms with E-state index in [0.29, 0.717) is 0 Å². The molecule has 1 aromatic rings. The van der Waals surface area contributed by atoms with Crippen LogP contribution in [0.25, 0.3) is 0 Å². The standard InChI is InChI=1S/C14H21BrN2O2/c1-4-5-6-7-9(2)16-13(18)11-8-12(15)10(3)17-14(11)19/h8-9H,4-7H2,1-3H3,(H,16,18)(H,17,19)/t9-/m0/s1. The molecule has 0 saturated heterocycles. The van der Waals surface area contributed by atoms with Gasteiger partial charge in [0, 0.05) is 16.2 Å². The number of aromatic amines is 1. The van der Waals surface area contributed by atoms with E-state index in [1.54, 1.807) is 13.0 Å². The van der Waals surface area contributed by atoms with Gasteiger partial charge >= 0.3 is 0 Å². The van der Waals surface area contributed by atoms with E-state index in [1.165, 1.54) is 0 Å². The van der Waals surface area contributed by atoms with Crippen LogP contribution in [0.3, 0.4) is 0 Å². The van der Waals surface area contributed by atoms with Gasteiger partial charge in [-0.1, -0.05) is 26.2 Å². The summed E-state index contributed by atoms with van der Waals surface area (Å²) < 4.78 is 0.732. The number of pyridine rings is 1. The van der Waals surface area contributed by atoms with Crippen LogP contribution in [-0.4, -0.2) is 16.9 Å². The zero-order valence-electron chi connectivity index (χ0n) is 11.7. The maximum atomic E-state index is 12.0. The van der Waals surface area contributed by atoms with Crippen molar-refractivity contribution in [3.05, 3.63) is 32.2 Å². The molecule has 4 nitrogen and oxygen atoms in total.